The quantitative estimate of drug-likeness (QED) is 0.658. The van der Waals surface area contributed by atoms with Gasteiger partial charge >= 0.3 is 0 Å². The standard InChI is InChI=1S/C14H15F2N3/c1-9-2-3-11(8-18-9)14(19-17)6-10-4-5-12(15)7-13(10)16/h2-5,7-8,14,19H,6,17H2,1H3. The highest BCUT2D eigenvalue weighted by Crippen LogP contribution is 2.19. The number of rotatable bonds is 4. The molecule has 0 aliphatic rings. The summed E-state index contributed by atoms with van der Waals surface area (Å²) in [7, 11) is 0. The Morgan fingerprint density at radius 1 is 1.26 bits per heavy atom. The van der Waals surface area contributed by atoms with E-state index in [2.05, 4.69) is 10.4 Å². The molecule has 1 aromatic heterocycles. The minimum atomic E-state index is -0.587. The zero-order chi connectivity index (χ0) is 13.8. The van der Waals surface area contributed by atoms with Crippen LogP contribution in [-0.2, 0) is 6.42 Å². The van der Waals surface area contributed by atoms with E-state index in [0.717, 1.165) is 17.3 Å². The molecule has 1 atom stereocenters. The van der Waals surface area contributed by atoms with E-state index in [1.807, 2.05) is 19.1 Å². The summed E-state index contributed by atoms with van der Waals surface area (Å²) in [5.41, 5.74) is 4.79. The van der Waals surface area contributed by atoms with Gasteiger partial charge in [0.1, 0.15) is 11.6 Å². The molecule has 0 amide bonds. The molecular formula is C14H15F2N3. The van der Waals surface area contributed by atoms with Gasteiger partial charge in [-0.3, -0.25) is 16.3 Å². The maximum Gasteiger partial charge on any atom is 0.129 e. The van der Waals surface area contributed by atoms with Gasteiger partial charge in [0.2, 0.25) is 0 Å². The Kier molecular flexibility index (Phi) is 4.19. The van der Waals surface area contributed by atoms with Crippen molar-refractivity contribution in [2.45, 2.75) is 19.4 Å². The zero-order valence-corrected chi connectivity index (χ0v) is 10.5. The topological polar surface area (TPSA) is 50.9 Å². The lowest BCUT2D eigenvalue weighted by Gasteiger charge is -2.16. The Morgan fingerprint density at radius 2 is 2.05 bits per heavy atom. The summed E-state index contributed by atoms with van der Waals surface area (Å²) in [6, 6.07) is 7.01. The van der Waals surface area contributed by atoms with E-state index in [4.69, 9.17) is 5.84 Å². The van der Waals surface area contributed by atoms with Gasteiger partial charge in [-0.2, -0.15) is 0 Å². The molecule has 0 aliphatic heterocycles. The van der Waals surface area contributed by atoms with E-state index in [1.54, 1.807) is 6.20 Å². The molecule has 0 fully saturated rings. The number of nitrogens with two attached hydrogens (primary N) is 1. The molecule has 0 bridgehead atoms. The van der Waals surface area contributed by atoms with Gasteiger partial charge in [-0.1, -0.05) is 12.1 Å². The van der Waals surface area contributed by atoms with Gasteiger partial charge < -0.3 is 0 Å². The van der Waals surface area contributed by atoms with Crippen LogP contribution >= 0.6 is 0 Å². The Morgan fingerprint density at radius 3 is 2.63 bits per heavy atom. The van der Waals surface area contributed by atoms with Crippen LogP contribution < -0.4 is 11.3 Å². The first-order valence-electron chi connectivity index (χ1n) is 5.92. The maximum absolute atomic E-state index is 13.6. The lowest BCUT2D eigenvalue weighted by molar-refractivity contribution is 0.521. The van der Waals surface area contributed by atoms with Gasteiger partial charge in [-0.05, 0) is 36.6 Å². The molecule has 0 spiro atoms. The Labute approximate surface area is 110 Å². The fourth-order valence-corrected chi connectivity index (χ4v) is 1.87. The van der Waals surface area contributed by atoms with Crippen molar-refractivity contribution in [1.82, 2.24) is 10.4 Å². The van der Waals surface area contributed by atoms with E-state index in [-0.39, 0.29) is 6.04 Å². The van der Waals surface area contributed by atoms with Gasteiger partial charge in [-0.15, -0.1) is 0 Å². The van der Waals surface area contributed by atoms with Crippen LogP contribution in [0.15, 0.2) is 36.5 Å². The predicted molar refractivity (Wildman–Crippen MR) is 69.1 cm³/mol. The lowest BCUT2D eigenvalue weighted by Crippen LogP contribution is -2.30. The summed E-state index contributed by atoms with van der Waals surface area (Å²) >= 11 is 0. The van der Waals surface area contributed by atoms with E-state index in [0.29, 0.717) is 12.0 Å². The van der Waals surface area contributed by atoms with Crippen LogP contribution in [0, 0.1) is 18.6 Å². The first kappa shape index (κ1) is 13.6. The minimum absolute atomic E-state index is 0.270. The van der Waals surface area contributed by atoms with Crippen LogP contribution in [0.1, 0.15) is 22.9 Å². The number of benzene rings is 1. The Balaban J connectivity index is 2.21. The molecule has 1 unspecified atom stereocenters. The molecule has 3 nitrogen and oxygen atoms in total. The Hall–Kier alpha value is -1.85. The van der Waals surface area contributed by atoms with Gasteiger partial charge in [-0.25, -0.2) is 8.78 Å². The zero-order valence-electron chi connectivity index (χ0n) is 10.5. The Bertz CT molecular complexity index is 555. The number of halogens is 2. The molecule has 100 valence electrons. The molecule has 1 aromatic carbocycles. The second-order valence-corrected chi connectivity index (χ2v) is 4.39. The molecular weight excluding hydrogens is 248 g/mol. The molecule has 2 aromatic rings. The lowest BCUT2D eigenvalue weighted by atomic mass is 10.00. The average molecular weight is 263 g/mol. The van der Waals surface area contributed by atoms with Crippen LogP contribution in [0.4, 0.5) is 8.78 Å². The molecule has 1 heterocycles. The summed E-state index contributed by atoms with van der Waals surface area (Å²) in [6.07, 6.45) is 2.02. The highest BCUT2D eigenvalue weighted by atomic mass is 19.1. The average Bonchev–Trinajstić information content (AvgIpc) is 2.39. The summed E-state index contributed by atoms with van der Waals surface area (Å²) in [5.74, 6) is 4.34. The van der Waals surface area contributed by atoms with Crippen LogP contribution in [0.25, 0.3) is 0 Å². The third-order valence-corrected chi connectivity index (χ3v) is 2.98. The van der Waals surface area contributed by atoms with Crippen molar-refractivity contribution >= 4 is 0 Å². The number of hydrogen-bond donors (Lipinski definition) is 2. The molecule has 2 rings (SSSR count). The number of nitrogens with zero attached hydrogens (tertiary/aromatic N) is 1. The molecule has 0 radical (unpaired) electrons. The van der Waals surface area contributed by atoms with Crippen molar-refractivity contribution in [2.24, 2.45) is 5.84 Å². The molecule has 3 N–H and O–H groups in total. The second-order valence-electron chi connectivity index (χ2n) is 4.39. The van der Waals surface area contributed by atoms with E-state index < -0.39 is 11.6 Å². The summed E-state index contributed by atoms with van der Waals surface area (Å²) in [6.45, 7) is 1.88. The monoisotopic (exact) mass is 263 g/mol. The molecule has 0 aliphatic carbocycles. The summed E-state index contributed by atoms with van der Waals surface area (Å²) in [4.78, 5) is 4.18. The maximum atomic E-state index is 13.6. The van der Waals surface area contributed by atoms with Crippen molar-refractivity contribution in [3.63, 3.8) is 0 Å². The first-order valence-corrected chi connectivity index (χ1v) is 5.92. The molecule has 0 saturated carbocycles. The van der Waals surface area contributed by atoms with E-state index >= 15 is 0 Å². The van der Waals surface area contributed by atoms with Crippen molar-refractivity contribution < 1.29 is 8.78 Å². The number of aromatic nitrogens is 1. The second kappa shape index (κ2) is 5.86. The van der Waals surface area contributed by atoms with Gasteiger partial charge in [0, 0.05) is 18.0 Å². The van der Waals surface area contributed by atoms with Crippen molar-refractivity contribution in [3.8, 4) is 0 Å². The molecule has 19 heavy (non-hydrogen) atoms. The number of pyridine rings is 1. The van der Waals surface area contributed by atoms with Crippen molar-refractivity contribution in [1.29, 1.82) is 0 Å². The fraction of sp³-hybridized carbons (Fsp3) is 0.214. The fourth-order valence-electron chi connectivity index (χ4n) is 1.87. The third-order valence-electron chi connectivity index (χ3n) is 2.98. The highest BCUT2D eigenvalue weighted by molar-refractivity contribution is 5.24. The van der Waals surface area contributed by atoms with Gasteiger partial charge in [0.25, 0.3) is 0 Å². The normalized spacial score (nSPS) is 12.4. The number of nitrogens with one attached hydrogen (secondary N) is 1. The largest absolute Gasteiger partial charge is 0.271 e. The minimum Gasteiger partial charge on any atom is -0.271 e. The number of hydrazine groups is 1. The van der Waals surface area contributed by atoms with E-state index in [9.17, 15) is 8.78 Å². The van der Waals surface area contributed by atoms with Crippen molar-refractivity contribution in [2.75, 3.05) is 0 Å². The SMILES string of the molecule is Cc1ccc(C(Cc2ccc(F)cc2F)NN)cn1. The third kappa shape index (κ3) is 3.33. The van der Waals surface area contributed by atoms with Crippen molar-refractivity contribution in [3.05, 3.63) is 65.0 Å². The number of hydrogen-bond acceptors (Lipinski definition) is 3. The van der Waals surface area contributed by atoms with Crippen LogP contribution in [0.2, 0.25) is 0 Å². The summed E-state index contributed by atoms with van der Waals surface area (Å²) in [5, 5.41) is 0. The summed E-state index contributed by atoms with van der Waals surface area (Å²) < 4.78 is 26.4. The van der Waals surface area contributed by atoms with E-state index in [1.165, 1.54) is 12.1 Å². The smallest absolute Gasteiger partial charge is 0.129 e. The number of aryl methyl sites for hydroxylation is 1. The van der Waals surface area contributed by atoms with Crippen LogP contribution in [-0.4, -0.2) is 4.98 Å². The highest BCUT2D eigenvalue weighted by Gasteiger charge is 2.14. The van der Waals surface area contributed by atoms with Gasteiger partial charge in [0.05, 0.1) is 6.04 Å². The first-order chi connectivity index (χ1) is 9.10. The van der Waals surface area contributed by atoms with Crippen LogP contribution in [0.5, 0.6) is 0 Å². The molecule has 0 saturated heterocycles. The van der Waals surface area contributed by atoms with Crippen LogP contribution in [0.3, 0.4) is 0 Å². The van der Waals surface area contributed by atoms with Gasteiger partial charge in [0.15, 0.2) is 0 Å². The molecule has 5 heteroatoms. The predicted octanol–water partition coefficient (Wildman–Crippen LogP) is 2.42.